The molecule has 2 heterocycles. The zero-order valence-electron chi connectivity index (χ0n) is 13.9. The molecule has 1 N–H and O–H groups in total. The van der Waals surface area contributed by atoms with Gasteiger partial charge in [0, 0.05) is 31.0 Å². The number of nitrogens with one attached hydrogen (secondary N) is 1. The molecule has 0 unspecified atom stereocenters. The number of aromatic nitrogens is 1. The third-order valence-corrected chi connectivity index (χ3v) is 4.71. The minimum atomic E-state index is 0.213. The molecule has 21 heavy (non-hydrogen) atoms. The summed E-state index contributed by atoms with van der Waals surface area (Å²) in [5, 5.41) is 3.41. The molecule has 0 spiro atoms. The molecule has 2 rings (SSSR count). The van der Waals surface area contributed by atoms with Crippen LogP contribution < -0.4 is 5.32 Å². The van der Waals surface area contributed by atoms with Crippen molar-refractivity contribution in [1.82, 2.24) is 14.8 Å². The number of rotatable bonds is 5. The maximum Gasteiger partial charge on any atom is 0.255 e. The van der Waals surface area contributed by atoms with Crippen LogP contribution in [0.4, 0.5) is 0 Å². The first kappa shape index (κ1) is 16.1. The molecule has 4 nitrogen and oxygen atoms in total. The number of amides is 1. The highest BCUT2D eigenvalue weighted by atomic mass is 16.2. The molecule has 0 aliphatic carbocycles. The molecule has 118 valence electrons. The Kier molecular flexibility index (Phi) is 5.45. The summed E-state index contributed by atoms with van der Waals surface area (Å²) in [6.07, 6.45) is 2.23. The summed E-state index contributed by atoms with van der Waals surface area (Å²) in [4.78, 5) is 14.8. The molecule has 1 saturated heterocycles. The van der Waals surface area contributed by atoms with Crippen LogP contribution in [0.15, 0.2) is 6.07 Å². The van der Waals surface area contributed by atoms with E-state index in [4.69, 9.17) is 0 Å². The number of carbonyl (C=O) groups excluding carboxylic acids is 1. The predicted molar refractivity (Wildman–Crippen MR) is 86.8 cm³/mol. The van der Waals surface area contributed by atoms with Crippen LogP contribution in [-0.2, 0) is 6.54 Å². The molecule has 1 fully saturated rings. The molecule has 0 radical (unpaired) electrons. The van der Waals surface area contributed by atoms with Gasteiger partial charge >= 0.3 is 0 Å². The van der Waals surface area contributed by atoms with Crippen molar-refractivity contribution in [3.63, 3.8) is 0 Å². The maximum absolute atomic E-state index is 12.7. The van der Waals surface area contributed by atoms with Crippen molar-refractivity contribution < 1.29 is 4.79 Å². The Morgan fingerprint density at radius 1 is 1.29 bits per heavy atom. The van der Waals surface area contributed by atoms with Gasteiger partial charge in [-0.25, -0.2) is 0 Å². The van der Waals surface area contributed by atoms with Gasteiger partial charge in [0.25, 0.3) is 5.91 Å². The number of aryl methyl sites for hydroxylation is 1. The van der Waals surface area contributed by atoms with E-state index in [0.717, 1.165) is 62.7 Å². The van der Waals surface area contributed by atoms with Gasteiger partial charge in [0.15, 0.2) is 0 Å². The molecule has 0 bridgehead atoms. The van der Waals surface area contributed by atoms with Gasteiger partial charge in [-0.2, -0.15) is 0 Å². The number of piperidine rings is 1. The molecule has 1 amide bonds. The van der Waals surface area contributed by atoms with Crippen molar-refractivity contribution in [2.45, 2.75) is 47.1 Å². The van der Waals surface area contributed by atoms with E-state index in [1.165, 1.54) is 5.69 Å². The Morgan fingerprint density at radius 3 is 2.48 bits per heavy atom. The summed E-state index contributed by atoms with van der Waals surface area (Å²) in [7, 11) is 0. The lowest BCUT2D eigenvalue weighted by atomic mass is 9.96. The van der Waals surface area contributed by atoms with Crippen LogP contribution in [-0.4, -0.2) is 41.6 Å². The lowest BCUT2D eigenvalue weighted by Gasteiger charge is -2.32. The van der Waals surface area contributed by atoms with Gasteiger partial charge < -0.3 is 14.8 Å². The third-order valence-electron chi connectivity index (χ3n) is 4.71. The molecular weight excluding hydrogens is 262 g/mol. The van der Waals surface area contributed by atoms with Gasteiger partial charge in [-0.05, 0) is 58.7 Å². The summed E-state index contributed by atoms with van der Waals surface area (Å²) >= 11 is 0. The largest absolute Gasteiger partial charge is 0.349 e. The monoisotopic (exact) mass is 291 g/mol. The van der Waals surface area contributed by atoms with E-state index in [9.17, 15) is 4.79 Å². The molecule has 1 aliphatic rings. The van der Waals surface area contributed by atoms with Crippen LogP contribution in [0.3, 0.4) is 0 Å². The highest BCUT2D eigenvalue weighted by Crippen LogP contribution is 2.21. The third kappa shape index (κ3) is 3.49. The van der Waals surface area contributed by atoms with Crippen LogP contribution in [0.1, 0.15) is 48.4 Å². The lowest BCUT2D eigenvalue weighted by Crippen LogP contribution is -2.40. The number of likely N-dealkylation sites (tertiary alicyclic amines) is 1. The average molecular weight is 291 g/mol. The topological polar surface area (TPSA) is 37.3 Å². The van der Waals surface area contributed by atoms with E-state index < -0.39 is 0 Å². The molecule has 1 aliphatic heterocycles. The summed E-state index contributed by atoms with van der Waals surface area (Å²) in [5.41, 5.74) is 3.18. The molecule has 0 atom stereocenters. The number of carbonyl (C=O) groups is 1. The van der Waals surface area contributed by atoms with Crippen molar-refractivity contribution in [2.24, 2.45) is 5.92 Å². The first-order chi connectivity index (χ1) is 10.1. The quantitative estimate of drug-likeness (QED) is 0.905. The van der Waals surface area contributed by atoms with Crippen LogP contribution in [0.25, 0.3) is 0 Å². The second kappa shape index (κ2) is 7.12. The minimum absolute atomic E-state index is 0.213. The molecule has 1 aromatic heterocycles. The fourth-order valence-corrected chi connectivity index (χ4v) is 3.36. The van der Waals surface area contributed by atoms with E-state index in [0.29, 0.717) is 0 Å². The van der Waals surface area contributed by atoms with Gasteiger partial charge in [0.2, 0.25) is 0 Å². The van der Waals surface area contributed by atoms with Crippen molar-refractivity contribution >= 4 is 5.91 Å². The maximum atomic E-state index is 12.7. The first-order valence-corrected chi connectivity index (χ1v) is 8.25. The Balaban J connectivity index is 1.99. The summed E-state index contributed by atoms with van der Waals surface area (Å²) < 4.78 is 2.21. The van der Waals surface area contributed by atoms with Crippen LogP contribution in [0, 0.1) is 19.8 Å². The summed E-state index contributed by atoms with van der Waals surface area (Å²) in [5.74, 6) is 0.932. The molecule has 0 aromatic carbocycles. The van der Waals surface area contributed by atoms with Crippen molar-refractivity contribution in [1.29, 1.82) is 0 Å². The normalized spacial score (nSPS) is 16.5. The fourth-order valence-electron chi connectivity index (χ4n) is 3.36. The van der Waals surface area contributed by atoms with E-state index in [1.54, 1.807) is 0 Å². The van der Waals surface area contributed by atoms with E-state index in [2.05, 4.69) is 37.6 Å². The number of hydrogen-bond acceptors (Lipinski definition) is 2. The molecule has 1 aromatic rings. The standard InChI is InChI=1S/C17H29N3O/c1-5-18-12-15-7-9-19(10-8-15)17(21)16-11-13(3)20(6-2)14(16)4/h11,15,18H,5-10,12H2,1-4H3. The summed E-state index contributed by atoms with van der Waals surface area (Å²) in [6.45, 7) is 13.2. The van der Waals surface area contributed by atoms with E-state index in [1.807, 2.05) is 11.0 Å². The van der Waals surface area contributed by atoms with E-state index >= 15 is 0 Å². The second-order valence-corrected chi connectivity index (χ2v) is 6.07. The Morgan fingerprint density at radius 2 is 1.95 bits per heavy atom. The Hall–Kier alpha value is -1.29. The number of nitrogens with zero attached hydrogens (tertiary/aromatic N) is 2. The predicted octanol–water partition coefficient (Wildman–Crippen LogP) is 2.59. The van der Waals surface area contributed by atoms with Crippen molar-refractivity contribution in [3.05, 3.63) is 23.0 Å². The number of hydrogen-bond donors (Lipinski definition) is 1. The first-order valence-electron chi connectivity index (χ1n) is 8.25. The highest BCUT2D eigenvalue weighted by Gasteiger charge is 2.25. The van der Waals surface area contributed by atoms with Crippen molar-refractivity contribution in [2.75, 3.05) is 26.2 Å². The van der Waals surface area contributed by atoms with Gasteiger partial charge in [0.1, 0.15) is 0 Å². The fraction of sp³-hybridized carbons (Fsp3) is 0.706. The zero-order chi connectivity index (χ0) is 15.4. The van der Waals surface area contributed by atoms with Crippen LogP contribution in [0.5, 0.6) is 0 Å². The average Bonchev–Trinajstić information content (AvgIpc) is 2.79. The van der Waals surface area contributed by atoms with Crippen molar-refractivity contribution in [3.8, 4) is 0 Å². The highest BCUT2D eigenvalue weighted by molar-refractivity contribution is 5.95. The SMILES string of the molecule is CCNCC1CCN(C(=O)c2cc(C)n(CC)c2C)CC1. The molecule has 0 saturated carbocycles. The minimum Gasteiger partial charge on any atom is -0.349 e. The zero-order valence-corrected chi connectivity index (χ0v) is 13.9. The van der Waals surface area contributed by atoms with Gasteiger partial charge in [-0.15, -0.1) is 0 Å². The Bertz CT molecular complexity index is 484. The lowest BCUT2D eigenvalue weighted by molar-refractivity contribution is 0.0689. The Labute approximate surface area is 128 Å². The van der Waals surface area contributed by atoms with Gasteiger partial charge in [0.05, 0.1) is 5.56 Å². The van der Waals surface area contributed by atoms with Gasteiger partial charge in [-0.1, -0.05) is 6.92 Å². The molecule has 4 heteroatoms. The van der Waals surface area contributed by atoms with Crippen LogP contribution >= 0.6 is 0 Å². The second-order valence-electron chi connectivity index (χ2n) is 6.07. The summed E-state index contributed by atoms with van der Waals surface area (Å²) in [6, 6.07) is 2.05. The molecular formula is C17H29N3O. The van der Waals surface area contributed by atoms with Crippen LogP contribution in [0.2, 0.25) is 0 Å². The van der Waals surface area contributed by atoms with Gasteiger partial charge in [-0.3, -0.25) is 4.79 Å². The smallest absolute Gasteiger partial charge is 0.255 e. The van der Waals surface area contributed by atoms with E-state index in [-0.39, 0.29) is 5.91 Å².